The highest BCUT2D eigenvalue weighted by molar-refractivity contribution is 5.74. The molecule has 0 bridgehead atoms. The molecule has 0 aromatic heterocycles. The summed E-state index contributed by atoms with van der Waals surface area (Å²) in [5.74, 6) is 0.968. The van der Waals surface area contributed by atoms with E-state index in [1.54, 1.807) is 0 Å². The SMILES string of the molecule is CC1=Cc2cc(C)ccc2OC12N(C)c1ccc(C)cc1C2(C)C. The summed E-state index contributed by atoms with van der Waals surface area (Å²) >= 11 is 0. The predicted molar refractivity (Wildman–Crippen MR) is 101 cm³/mol. The molecule has 0 amide bonds. The van der Waals surface area contributed by atoms with Crippen molar-refractivity contribution in [3.63, 3.8) is 0 Å². The molecule has 1 atom stereocenters. The Bertz CT molecular complexity index is 878. The molecule has 2 nitrogen and oxygen atoms in total. The lowest BCUT2D eigenvalue weighted by atomic mass is 9.73. The highest BCUT2D eigenvalue weighted by Crippen LogP contribution is 2.56. The van der Waals surface area contributed by atoms with Crippen molar-refractivity contribution >= 4 is 11.8 Å². The lowest BCUT2D eigenvalue weighted by molar-refractivity contribution is 0.0464. The lowest BCUT2D eigenvalue weighted by Crippen LogP contribution is -2.60. The third-order valence-corrected chi connectivity index (χ3v) is 5.84. The average molecular weight is 319 g/mol. The van der Waals surface area contributed by atoms with Gasteiger partial charge in [0.05, 0.1) is 5.41 Å². The van der Waals surface area contributed by atoms with Crippen LogP contribution >= 0.6 is 0 Å². The number of likely N-dealkylation sites (N-methyl/N-ethyl adjacent to an activating group) is 1. The average Bonchev–Trinajstić information content (AvgIpc) is 2.68. The highest BCUT2D eigenvalue weighted by Gasteiger charge is 2.60. The van der Waals surface area contributed by atoms with Gasteiger partial charge in [0.2, 0.25) is 5.72 Å². The van der Waals surface area contributed by atoms with Gasteiger partial charge < -0.3 is 9.64 Å². The quantitative estimate of drug-likeness (QED) is 0.660. The number of anilines is 1. The minimum Gasteiger partial charge on any atom is -0.462 e. The smallest absolute Gasteiger partial charge is 0.214 e. The topological polar surface area (TPSA) is 12.5 Å². The molecule has 1 unspecified atom stereocenters. The molecule has 2 heteroatoms. The number of nitrogens with zero attached hydrogens (tertiary/aromatic N) is 1. The Morgan fingerprint density at radius 2 is 1.58 bits per heavy atom. The second-order valence-electron chi connectivity index (χ2n) is 7.82. The number of fused-ring (bicyclic) bond motifs is 2. The summed E-state index contributed by atoms with van der Waals surface area (Å²) in [7, 11) is 2.15. The molecule has 2 aliphatic heterocycles. The van der Waals surface area contributed by atoms with Gasteiger partial charge in [0.25, 0.3) is 0 Å². The van der Waals surface area contributed by atoms with Gasteiger partial charge in [-0.15, -0.1) is 0 Å². The normalized spacial score (nSPS) is 23.6. The van der Waals surface area contributed by atoms with Gasteiger partial charge in [-0.25, -0.2) is 0 Å². The molecule has 2 aromatic carbocycles. The number of ether oxygens (including phenoxy) is 1. The van der Waals surface area contributed by atoms with E-state index in [0.717, 1.165) is 5.75 Å². The van der Waals surface area contributed by atoms with Crippen molar-refractivity contribution in [3.8, 4) is 5.75 Å². The number of benzene rings is 2. The summed E-state index contributed by atoms with van der Waals surface area (Å²) in [6.45, 7) is 11.1. The van der Waals surface area contributed by atoms with E-state index in [1.165, 1.54) is 33.5 Å². The van der Waals surface area contributed by atoms with Crippen LogP contribution < -0.4 is 9.64 Å². The van der Waals surface area contributed by atoms with Crippen LogP contribution in [0.25, 0.3) is 6.08 Å². The van der Waals surface area contributed by atoms with Crippen LogP contribution in [0.15, 0.2) is 42.0 Å². The van der Waals surface area contributed by atoms with Crippen LogP contribution in [-0.2, 0) is 5.41 Å². The molecule has 0 saturated carbocycles. The molecular formula is C22H25NO. The third kappa shape index (κ3) is 1.71. The molecule has 2 aromatic rings. The zero-order valence-electron chi connectivity index (χ0n) is 15.4. The Morgan fingerprint density at radius 3 is 2.33 bits per heavy atom. The van der Waals surface area contributed by atoms with E-state index in [0.29, 0.717) is 0 Å². The summed E-state index contributed by atoms with van der Waals surface area (Å²) in [6, 6.07) is 13.1. The first-order chi connectivity index (χ1) is 11.3. The monoisotopic (exact) mass is 319 g/mol. The first kappa shape index (κ1) is 15.3. The maximum absolute atomic E-state index is 6.76. The fraction of sp³-hybridized carbons (Fsp3) is 0.364. The third-order valence-electron chi connectivity index (χ3n) is 5.84. The molecule has 0 radical (unpaired) electrons. The lowest BCUT2D eigenvalue weighted by Gasteiger charge is -2.48. The van der Waals surface area contributed by atoms with Crippen molar-refractivity contribution < 1.29 is 4.74 Å². The molecule has 0 N–H and O–H groups in total. The minimum absolute atomic E-state index is 0.147. The Balaban J connectivity index is 1.95. The largest absolute Gasteiger partial charge is 0.462 e. The molecule has 0 aliphatic carbocycles. The van der Waals surface area contributed by atoms with E-state index in [2.05, 4.69) is 89.0 Å². The van der Waals surface area contributed by atoms with E-state index in [9.17, 15) is 0 Å². The molecule has 1 spiro atoms. The summed E-state index contributed by atoms with van der Waals surface area (Å²) in [5, 5.41) is 0. The molecule has 4 rings (SSSR count). The molecular weight excluding hydrogens is 294 g/mol. The van der Waals surface area contributed by atoms with E-state index in [1.807, 2.05) is 0 Å². The Kier molecular flexibility index (Phi) is 2.97. The van der Waals surface area contributed by atoms with Crippen LogP contribution in [0.3, 0.4) is 0 Å². The van der Waals surface area contributed by atoms with Crippen LogP contribution in [0.2, 0.25) is 0 Å². The van der Waals surface area contributed by atoms with Crippen molar-refractivity contribution in [2.75, 3.05) is 11.9 Å². The Morgan fingerprint density at radius 1 is 0.917 bits per heavy atom. The van der Waals surface area contributed by atoms with Crippen LogP contribution in [0.4, 0.5) is 5.69 Å². The Hall–Kier alpha value is -2.22. The molecule has 0 saturated heterocycles. The van der Waals surface area contributed by atoms with Crippen molar-refractivity contribution in [3.05, 3.63) is 64.2 Å². The zero-order valence-corrected chi connectivity index (χ0v) is 15.4. The van der Waals surface area contributed by atoms with Crippen molar-refractivity contribution in [2.24, 2.45) is 0 Å². The van der Waals surface area contributed by atoms with E-state index >= 15 is 0 Å². The van der Waals surface area contributed by atoms with E-state index in [4.69, 9.17) is 4.74 Å². The van der Waals surface area contributed by atoms with Crippen LogP contribution in [-0.4, -0.2) is 12.8 Å². The summed E-state index contributed by atoms with van der Waals surface area (Å²) < 4.78 is 6.76. The summed E-state index contributed by atoms with van der Waals surface area (Å²) in [5.41, 5.74) is 6.96. The van der Waals surface area contributed by atoms with Gasteiger partial charge in [-0.2, -0.15) is 0 Å². The standard InChI is InChI=1S/C22H25NO/c1-14-8-10-20-17(11-14)13-16(3)22(24-20)21(4,5)18-12-15(2)7-9-19(18)23(22)6/h7-13H,1-6H3. The fourth-order valence-corrected chi connectivity index (χ4v) is 4.61. The van der Waals surface area contributed by atoms with Gasteiger partial charge in [0.1, 0.15) is 5.75 Å². The minimum atomic E-state index is -0.481. The molecule has 2 aliphatic rings. The van der Waals surface area contributed by atoms with E-state index < -0.39 is 5.72 Å². The number of aryl methyl sites for hydroxylation is 2. The van der Waals surface area contributed by atoms with Crippen LogP contribution in [0.5, 0.6) is 5.75 Å². The number of rotatable bonds is 0. The number of hydrogen-bond donors (Lipinski definition) is 0. The maximum atomic E-state index is 6.76. The van der Waals surface area contributed by atoms with Gasteiger partial charge in [-0.3, -0.25) is 0 Å². The fourth-order valence-electron chi connectivity index (χ4n) is 4.61. The van der Waals surface area contributed by atoms with Crippen LogP contribution in [0.1, 0.15) is 43.0 Å². The summed E-state index contributed by atoms with van der Waals surface area (Å²) in [6.07, 6.45) is 2.29. The molecule has 24 heavy (non-hydrogen) atoms. The van der Waals surface area contributed by atoms with Gasteiger partial charge >= 0.3 is 0 Å². The van der Waals surface area contributed by atoms with Gasteiger partial charge in [0, 0.05) is 18.3 Å². The molecule has 2 heterocycles. The first-order valence-electron chi connectivity index (χ1n) is 8.61. The van der Waals surface area contributed by atoms with Crippen molar-refractivity contribution in [1.82, 2.24) is 0 Å². The molecule has 124 valence electrons. The second-order valence-corrected chi connectivity index (χ2v) is 7.82. The van der Waals surface area contributed by atoms with Crippen molar-refractivity contribution in [1.29, 1.82) is 0 Å². The van der Waals surface area contributed by atoms with Gasteiger partial charge in [-0.1, -0.05) is 29.3 Å². The van der Waals surface area contributed by atoms with Gasteiger partial charge in [-0.05, 0) is 70.0 Å². The molecule has 0 fully saturated rings. The maximum Gasteiger partial charge on any atom is 0.214 e. The second kappa shape index (κ2) is 4.66. The van der Waals surface area contributed by atoms with Crippen molar-refractivity contribution in [2.45, 2.75) is 45.8 Å². The van der Waals surface area contributed by atoms with E-state index in [-0.39, 0.29) is 5.41 Å². The first-order valence-corrected chi connectivity index (χ1v) is 8.61. The summed E-state index contributed by atoms with van der Waals surface area (Å²) in [4.78, 5) is 2.32. The van der Waals surface area contributed by atoms with Crippen LogP contribution in [0, 0.1) is 13.8 Å². The van der Waals surface area contributed by atoms with Gasteiger partial charge in [0.15, 0.2) is 0 Å². The Labute approximate surface area is 144 Å². The highest BCUT2D eigenvalue weighted by atomic mass is 16.5. The predicted octanol–water partition coefficient (Wildman–Crippen LogP) is 5.22. The number of hydrogen-bond acceptors (Lipinski definition) is 2. The zero-order chi connectivity index (χ0) is 17.3.